The van der Waals surface area contributed by atoms with Crippen LogP contribution in [-0.4, -0.2) is 0 Å². The largest absolute Gasteiger partial charge is 0.209 e. The first-order chi connectivity index (χ1) is 10.6. The van der Waals surface area contributed by atoms with Crippen molar-refractivity contribution in [3.8, 4) is 0 Å². The fraction of sp³-hybridized carbons (Fsp3) is 0.100. The average Bonchev–Trinajstić information content (AvgIpc) is 2.56. The molecule has 0 heterocycles. The molecule has 0 fully saturated rings. The first-order valence-electron chi connectivity index (χ1n) is 7.08. The van der Waals surface area contributed by atoms with Gasteiger partial charge in [-0.05, 0) is 22.3 Å². The van der Waals surface area contributed by atoms with Gasteiger partial charge in [-0.25, -0.2) is 8.78 Å². The highest BCUT2D eigenvalue weighted by Crippen LogP contribution is 2.20. The van der Waals surface area contributed by atoms with Crippen molar-refractivity contribution >= 4 is 12.2 Å². The molecule has 0 aromatic heterocycles. The smallest absolute Gasteiger partial charge is 0.136 e. The third-order valence-electron chi connectivity index (χ3n) is 3.44. The van der Waals surface area contributed by atoms with E-state index in [9.17, 15) is 8.78 Å². The highest BCUT2D eigenvalue weighted by Gasteiger charge is 2.08. The number of hydrogen-bond donors (Lipinski definition) is 0. The number of hydrogen-bond acceptors (Lipinski definition) is 0. The number of benzene rings is 2. The molecule has 2 rings (SSSR count). The Hall–Kier alpha value is -2.48. The van der Waals surface area contributed by atoms with E-state index in [2.05, 4.69) is 13.2 Å². The van der Waals surface area contributed by atoms with Crippen LogP contribution in [0.2, 0.25) is 0 Å². The molecule has 0 bridgehead atoms. The van der Waals surface area contributed by atoms with Crippen LogP contribution >= 0.6 is 0 Å². The molecule has 0 amide bonds. The summed E-state index contributed by atoms with van der Waals surface area (Å²) in [6.45, 7) is 7.32. The summed E-state index contributed by atoms with van der Waals surface area (Å²) in [6, 6.07) is 14.5. The van der Waals surface area contributed by atoms with E-state index in [1.807, 2.05) is 24.3 Å². The molecule has 22 heavy (non-hydrogen) atoms. The lowest BCUT2D eigenvalue weighted by atomic mass is 10.1. The van der Waals surface area contributed by atoms with Crippen molar-refractivity contribution in [1.29, 1.82) is 0 Å². The van der Waals surface area contributed by atoms with Crippen molar-refractivity contribution < 1.29 is 8.78 Å². The van der Waals surface area contributed by atoms with Crippen LogP contribution in [0.1, 0.15) is 22.3 Å². The van der Waals surface area contributed by atoms with Crippen molar-refractivity contribution in [2.45, 2.75) is 12.8 Å². The molecular formula is C20H18F2. The van der Waals surface area contributed by atoms with Gasteiger partial charge in [0.2, 0.25) is 0 Å². The molecule has 0 N–H and O–H groups in total. The van der Waals surface area contributed by atoms with Crippen LogP contribution in [0.25, 0.3) is 12.2 Å². The maximum Gasteiger partial charge on any atom is 0.136 e. The van der Waals surface area contributed by atoms with E-state index < -0.39 is 11.7 Å². The molecule has 2 aromatic carbocycles. The fourth-order valence-corrected chi connectivity index (χ4v) is 2.09. The van der Waals surface area contributed by atoms with E-state index in [-0.39, 0.29) is 12.8 Å². The average molecular weight is 296 g/mol. The van der Waals surface area contributed by atoms with Crippen LogP contribution in [-0.2, 0) is 12.8 Å². The van der Waals surface area contributed by atoms with Crippen molar-refractivity contribution in [3.05, 3.63) is 95.6 Å². The Morgan fingerprint density at radius 3 is 1.27 bits per heavy atom. The van der Waals surface area contributed by atoms with Crippen LogP contribution in [0.15, 0.2) is 73.3 Å². The van der Waals surface area contributed by atoms with E-state index in [1.165, 1.54) is 0 Å². The van der Waals surface area contributed by atoms with Crippen molar-refractivity contribution in [1.82, 2.24) is 0 Å². The Bertz CT molecular complexity index is 615. The molecule has 0 unspecified atom stereocenters. The number of halogens is 2. The molecule has 2 heteroatoms. The van der Waals surface area contributed by atoms with Crippen LogP contribution in [0, 0.1) is 0 Å². The minimum Gasteiger partial charge on any atom is -0.209 e. The standard InChI is InChI=1S/C20H18F2/c1-3-15-5-9-17(10-6-15)13-19(21)20(22)14-18-11-7-16(4-2)8-12-18/h3-12H,1-2,13-14H2. The molecule has 0 aliphatic carbocycles. The lowest BCUT2D eigenvalue weighted by Crippen LogP contribution is -1.93. The van der Waals surface area contributed by atoms with E-state index in [1.54, 1.807) is 36.4 Å². The van der Waals surface area contributed by atoms with E-state index >= 15 is 0 Å². The van der Waals surface area contributed by atoms with Gasteiger partial charge in [-0.1, -0.05) is 73.8 Å². The predicted molar refractivity (Wildman–Crippen MR) is 89.7 cm³/mol. The van der Waals surface area contributed by atoms with E-state index in [0.29, 0.717) is 0 Å². The van der Waals surface area contributed by atoms with Crippen LogP contribution in [0.3, 0.4) is 0 Å². The van der Waals surface area contributed by atoms with Gasteiger partial charge in [-0.2, -0.15) is 0 Å². The zero-order valence-corrected chi connectivity index (χ0v) is 12.4. The van der Waals surface area contributed by atoms with E-state index in [4.69, 9.17) is 0 Å². The Kier molecular flexibility index (Phi) is 5.42. The molecule has 2 aromatic rings. The molecule has 0 spiro atoms. The lowest BCUT2D eigenvalue weighted by molar-refractivity contribution is 0.508. The minimum absolute atomic E-state index is 0.0337. The third-order valence-corrected chi connectivity index (χ3v) is 3.44. The van der Waals surface area contributed by atoms with Crippen molar-refractivity contribution in [2.24, 2.45) is 0 Å². The highest BCUT2D eigenvalue weighted by molar-refractivity contribution is 5.48. The zero-order chi connectivity index (χ0) is 15.9. The summed E-state index contributed by atoms with van der Waals surface area (Å²) < 4.78 is 27.9. The Balaban J connectivity index is 2.06. The van der Waals surface area contributed by atoms with Crippen molar-refractivity contribution in [2.75, 3.05) is 0 Å². The fourth-order valence-electron chi connectivity index (χ4n) is 2.09. The second kappa shape index (κ2) is 7.51. The second-order valence-electron chi connectivity index (χ2n) is 5.05. The molecule has 0 atom stereocenters. The van der Waals surface area contributed by atoms with Gasteiger partial charge in [0.1, 0.15) is 11.7 Å². The summed E-state index contributed by atoms with van der Waals surface area (Å²) >= 11 is 0. The van der Waals surface area contributed by atoms with Crippen molar-refractivity contribution in [3.63, 3.8) is 0 Å². The van der Waals surface area contributed by atoms with Gasteiger partial charge >= 0.3 is 0 Å². The molecule has 0 saturated heterocycles. The normalized spacial score (nSPS) is 11.7. The summed E-state index contributed by atoms with van der Waals surface area (Å²) in [7, 11) is 0. The Morgan fingerprint density at radius 2 is 1.00 bits per heavy atom. The molecule has 0 nitrogen and oxygen atoms in total. The Labute approximate surface area is 130 Å². The Morgan fingerprint density at radius 1 is 0.682 bits per heavy atom. The maximum absolute atomic E-state index is 14.0. The predicted octanol–water partition coefficient (Wildman–Crippen LogP) is 5.91. The van der Waals surface area contributed by atoms with Gasteiger partial charge in [-0.15, -0.1) is 0 Å². The topological polar surface area (TPSA) is 0 Å². The monoisotopic (exact) mass is 296 g/mol. The van der Waals surface area contributed by atoms with Gasteiger partial charge < -0.3 is 0 Å². The molecule has 112 valence electrons. The summed E-state index contributed by atoms with van der Waals surface area (Å²) in [5.74, 6) is -1.45. The van der Waals surface area contributed by atoms with Crippen LogP contribution in [0.5, 0.6) is 0 Å². The SMILES string of the molecule is C=Cc1ccc(CC(F)=C(F)Cc2ccc(C=C)cc2)cc1. The highest BCUT2D eigenvalue weighted by atomic mass is 19.2. The molecule has 0 saturated carbocycles. The lowest BCUT2D eigenvalue weighted by Gasteiger charge is -2.04. The molecule has 0 radical (unpaired) electrons. The van der Waals surface area contributed by atoms with Crippen LogP contribution in [0.4, 0.5) is 8.78 Å². The van der Waals surface area contributed by atoms with Gasteiger partial charge in [0, 0.05) is 12.8 Å². The molecule has 0 aliphatic heterocycles. The first-order valence-corrected chi connectivity index (χ1v) is 7.08. The minimum atomic E-state index is -0.723. The molecule has 0 aliphatic rings. The van der Waals surface area contributed by atoms with E-state index in [0.717, 1.165) is 22.3 Å². The third kappa shape index (κ3) is 4.26. The summed E-state index contributed by atoms with van der Waals surface area (Å²) in [6.07, 6.45) is 3.36. The first kappa shape index (κ1) is 15.9. The maximum atomic E-state index is 14.0. The summed E-state index contributed by atoms with van der Waals surface area (Å²) in [5.41, 5.74) is 3.38. The zero-order valence-electron chi connectivity index (χ0n) is 12.4. The summed E-state index contributed by atoms with van der Waals surface area (Å²) in [4.78, 5) is 0. The number of allylic oxidation sites excluding steroid dienone is 2. The van der Waals surface area contributed by atoms with Gasteiger partial charge in [0.15, 0.2) is 0 Å². The van der Waals surface area contributed by atoms with Gasteiger partial charge in [-0.3, -0.25) is 0 Å². The second-order valence-corrected chi connectivity index (χ2v) is 5.05. The molecular weight excluding hydrogens is 278 g/mol. The van der Waals surface area contributed by atoms with Gasteiger partial charge in [0.05, 0.1) is 0 Å². The van der Waals surface area contributed by atoms with Gasteiger partial charge in [0.25, 0.3) is 0 Å². The van der Waals surface area contributed by atoms with Crippen LogP contribution < -0.4 is 0 Å². The quantitative estimate of drug-likeness (QED) is 0.621. The summed E-state index contributed by atoms with van der Waals surface area (Å²) in [5, 5.41) is 0. The number of rotatable bonds is 6.